The Hall–Kier alpha value is -1.88. The summed E-state index contributed by atoms with van der Waals surface area (Å²) < 4.78 is 29.6. The number of nitrogens with one attached hydrogen (secondary N) is 1. The van der Waals surface area contributed by atoms with E-state index in [1.165, 1.54) is 17.8 Å². The normalized spacial score (nSPS) is 26.8. The first-order valence-electron chi connectivity index (χ1n) is 10.4. The first-order valence-corrected chi connectivity index (χ1v) is 13.0. The lowest BCUT2D eigenvalue weighted by molar-refractivity contribution is -0.119. The molecule has 1 aliphatic heterocycles. The Morgan fingerprint density at radius 2 is 2.14 bits per heavy atom. The van der Waals surface area contributed by atoms with Crippen LogP contribution in [0.15, 0.2) is 11.1 Å². The van der Waals surface area contributed by atoms with Gasteiger partial charge in [0.15, 0.2) is 22.5 Å². The number of nitrogens with zero attached hydrogens (tertiary/aromatic N) is 3. The summed E-state index contributed by atoms with van der Waals surface area (Å²) in [5.74, 6) is -0.0573. The molecule has 0 bridgehead atoms. The topological polar surface area (TPSA) is 238 Å². The quantitative estimate of drug-likeness (QED) is 0.159. The van der Waals surface area contributed by atoms with Gasteiger partial charge in [-0.1, -0.05) is 11.8 Å². The molecule has 8 N–H and O–H groups in total. The first kappa shape index (κ1) is 27.7. The van der Waals surface area contributed by atoms with Crippen LogP contribution in [0, 0.1) is 5.41 Å². The lowest BCUT2D eigenvalue weighted by Gasteiger charge is -2.27. The predicted molar refractivity (Wildman–Crippen MR) is 125 cm³/mol. The number of aromatic amines is 1. The molecule has 0 radical (unpaired) electrons. The SMILES string of the molecule is CC(C)(CO)C(=O)SCCOP(N)(=O)OC[C@@H]1O[C@H](n2cnc3c(=O)[nH]c(N)nc32)[C@@](C)(O)[C@H]1O. The van der Waals surface area contributed by atoms with Crippen molar-refractivity contribution < 1.29 is 38.5 Å². The number of fused-ring (bicyclic) bond motifs is 1. The Morgan fingerprint density at radius 1 is 1.46 bits per heavy atom. The van der Waals surface area contributed by atoms with E-state index in [1.807, 2.05) is 0 Å². The van der Waals surface area contributed by atoms with E-state index in [0.29, 0.717) is 0 Å². The molecular formula is C18H29N6O9PS. The van der Waals surface area contributed by atoms with E-state index in [-0.39, 0.29) is 41.2 Å². The summed E-state index contributed by atoms with van der Waals surface area (Å²) in [5.41, 5.74) is 7.73. The number of hydrogen-bond donors (Lipinski definition) is 6. The molecule has 35 heavy (non-hydrogen) atoms. The van der Waals surface area contributed by atoms with Crippen LogP contribution in [0.1, 0.15) is 27.0 Å². The van der Waals surface area contributed by atoms with E-state index >= 15 is 0 Å². The number of aromatic nitrogens is 4. The van der Waals surface area contributed by atoms with Gasteiger partial charge < -0.3 is 25.8 Å². The van der Waals surface area contributed by atoms with Crippen molar-refractivity contribution >= 4 is 41.7 Å². The minimum absolute atomic E-state index is 0.0227. The Kier molecular flexibility index (Phi) is 8.10. The van der Waals surface area contributed by atoms with Crippen LogP contribution in [0.4, 0.5) is 5.95 Å². The van der Waals surface area contributed by atoms with Crippen molar-refractivity contribution in [2.45, 2.75) is 44.8 Å². The predicted octanol–water partition coefficient (Wildman–Crippen LogP) is -0.911. The average molecular weight is 537 g/mol. The number of aliphatic hydroxyl groups is 3. The van der Waals surface area contributed by atoms with Crippen LogP contribution < -0.4 is 16.8 Å². The molecule has 0 spiro atoms. The molecule has 1 aliphatic rings. The highest BCUT2D eigenvalue weighted by Crippen LogP contribution is 2.43. The van der Waals surface area contributed by atoms with Gasteiger partial charge in [0, 0.05) is 5.75 Å². The third-order valence-corrected chi connectivity index (χ3v) is 7.65. The van der Waals surface area contributed by atoms with Crippen molar-refractivity contribution in [2.75, 3.05) is 31.3 Å². The van der Waals surface area contributed by atoms with Gasteiger partial charge >= 0.3 is 7.75 Å². The Labute approximate surface area is 203 Å². The van der Waals surface area contributed by atoms with Crippen LogP contribution in [0.5, 0.6) is 0 Å². The first-order chi connectivity index (χ1) is 16.2. The van der Waals surface area contributed by atoms with Gasteiger partial charge in [0.1, 0.15) is 17.8 Å². The molecule has 3 heterocycles. The van der Waals surface area contributed by atoms with Gasteiger partial charge in [0.2, 0.25) is 5.95 Å². The van der Waals surface area contributed by atoms with E-state index in [9.17, 15) is 29.5 Å². The third kappa shape index (κ3) is 5.93. The molecule has 1 saturated heterocycles. The molecule has 15 nitrogen and oxygen atoms in total. The Morgan fingerprint density at radius 3 is 2.80 bits per heavy atom. The fourth-order valence-electron chi connectivity index (χ4n) is 3.27. The molecule has 0 saturated carbocycles. The number of imidazole rings is 1. The van der Waals surface area contributed by atoms with Crippen molar-refractivity contribution in [1.29, 1.82) is 0 Å². The molecule has 1 unspecified atom stereocenters. The van der Waals surface area contributed by atoms with E-state index in [2.05, 4.69) is 15.0 Å². The van der Waals surface area contributed by atoms with Crippen molar-refractivity contribution in [3.8, 4) is 0 Å². The second-order valence-electron chi connectivity index (χ2n) is 8.82. The number of thioether (sulfide) groups is 1. The maximum atomic E-state index is 12.4. The molecule has 196 valence electrons. The van der Waals surface area contributed by atoms with Crippen LogP contribution in [0.2, 0.25) is 0 Å². The monoisotopic (exact) mass is 536 g/mol. The van der Waals surface area contributed by atoms with E-state index in [4.69, 9.17) is 25.0 Å². The minimum atomic E-state index is -4.09. The molecule has 17 heteroatoms. The summed E-state index contributed by atoms with van der Waals surface area (Å²) in [6.07, 6.45) is -2.75. The van der Waals surface area contributed by atoms with Gasteiger partial charge in [-0.3, -0.25) is 28.2 Å². The number of ether oxygens (including phenoxy) is 1. The molecule has 2 aromatic heterocycles. The van der Waals surface area contributed by atoms with Gasteiger partial charge in [-0.05, 0) is 20.8 Å². The second-order valence-corrected chi connectivity index (χ2v) is 11.5. The van der Waals surface area contributed by atoms with Crippen LogP contribution in [0.25, 0.3) is 11.2 Å². The van der Waals surface area contributed by atoms with Crippen LogP contribution >= 0.6 is 19.5 Å². The highest BCUT2D eigenvalue weighted by atomic mass is 32.2. The summed E-state index contributed by atoms with van der Waals surface area (Å²) in [6, 6.07) is 0. The van der Waals surface area contributed by atoms with Crippen LogP contribution in [-0.2, 0) is 23.1 Å². The van der Waals surface area contributed by atoms with Crippen molar-refractivity contribution in [2.24, 2.45) is 10.9 Å². The highest BCUT2D eigenvalue weighted by molar-refractivity contribution is 8.13. The number of aliphatic hydroxyl groups excluding tert-OH is 2. The number of rotatable bonds is 10. The van der Waals surface area contributed by atoms with Crippen LogP contribution in [-0.4, -0.2) is 83.3 Å². The Balaban J connectivity index is 1.61. The zero-order valence-electron chi connectivity index (χ0n) is 19.3. The van der Waals surface area contributed by atoms with E-state index < -0.39 is 49.4 Å². The van der Waals surface area contributed by atoms with Crippen molar-refractivity contribution in [3.05, 3.63) is 16.7 Å². The second kappa shape index (κ2) is 10.2. The molecule has 1 fully saturated rings. The van der Waals surface area contributed by atoms with Gasteiger partial charge in [0.05, 0.1) is 31.6 Å². The molecule has 3 rings (SSSR count). The standard InChI is InChI=1S/C18H29N6O9PS/c1-17(2,7-25)15(28)35-5-4-31-34(20,30)32-6-9-11(26)18(3,29)14(33-9)24-8-21-10-12(24)22-16(19)23-13(10)27/h8-9,11,14,25-26,29H,4-7H2,1-3H3,(H2,20,30)(H3,19,22,23,27)/t9-,11-,14-,18-,34?/m0/s1. The summed E-state index contributed by atoms with van der Waals surface area (Å²) in [7, 11) is -4.09. The number of nitrogen functional groups attached to an aromatic ring is 1. The third-order valence-electron chi connectivity index (χ3n) is 5.41. The molecule has 0 aliphatic carbocycles. The fourth-order valence-corrected chi connectivity index (χ4v) is 4.97. The van der Waals surface area contributed by atoms with E-state index in [1.54, 1.807) is 13.8 Å². The lowest BCUT2D eigenvalue weighted by atomic mass is 9.96. The number of carbonyl (C=O) groups excluding carboxylic acids is 1. The molecule has 0 amide bonds. The summed E-state index contributed by atoms with van der Waals surface area (Å²) in [4.78, 5) is 34.3. The van der Waals surface area contributed by atoms with Crippen molar-refractivity contribution in [1.82, 2.24) is 19.5 Å². The fraction of sp³-hybridized carbons (Fsp3) is 0.667. The summed E-state index contributed by atoms with van der Waals surface area (Å²) in [5, 5.41) is 30.4. The minimum Gasteiger partial charge on any atom is -0.395 e. The summed E-state index contributed by atoms with van der Waals surface area (Å²) >= 11 is 0.892. The van der Waals surface area contributed by atoms with Gasteiger partial charge in [-0.2, -0.15) is 4.98 Å². The van der Waals surface area contributed by atoms with Gasteiger partial charge in [-0.15, -0.1) is 0 Å². The molecular weight excluding hydrogens is 507 g/mol. The number of H-pyrrole nitrogens is 1. The molecule has 5 atom stereocenters. The van der Waals surface area contributed by atoms with Gasteiger partial charge in [0.25, 0.3) is 5.56 Å². The number of anilines is 1. The van der Waals surface area contributed by atoms with Gasteiger partial charge in [-0.25, -0.2) is 15.1 Å². The average Bonchev–Trinajstić information content (AvgIpc) is 3.28. The molecule has 2 aromatic rings. The number of carbonyl (C=O) groups is 1. The maximum absolute atomic E-state index is 12.4. The zero-order valence-corrected chi connectivity index (χ0v) is 21.0. The lowest BCUT2D eigenvalue weighted by Crippen LogP contribution is -2.44. The largest absolute Gasteiger partial charge is 0.402 e. The zero-order chi connectivity index (χ0) is 26.2. The van der Waals surface area contributed by atoms with Crippen LogP contribution in [0.3, 0.4) is 0 Å². The smallest absolute Gasteiger partial charge is 0.395 e. The van der Waals surface area contributed by atoms with E-state index in [0.717, 1.165) is 11.8 Å². The Bertz CT molecular complexity index is 1180. The highest BCUT2D eigenvalue weighted by Gasteiger charge is 2.54. The number of nitrogens with two attached hydrogens (primary N) is 2. The summed E-state index contributed by atoms with van der Waals surface area (Å²) in [6.45, 7) is 3.47. The maximum Gasteiger partial charge on any atom is 0.402 e. The number of hydrogen-bond acceptors (Lipinski definition) is 13. The van der Waals surface area contributed by atoms with Crippen molar-refractivity contribution in [3.63, 3.8) is 0 Å². The molecule has 0 aromatic carbocycles.